The minimum Gasteiger partial charge on any atom is -0.506 e. The molecule has 0 bridgehead atoms. The van der Waals surface area contributed by atoms with Gasteiger partial charge in [-0.3, -0.25) is 4.40 Å². The van der Waals surface area contributed by atoms with E-state index in [9.17, 15) is 15.0 Å². The van der Waals surface area contributed by atoms with Crippen LogP contribution in [0.1, 0.15) is 10.5 Å². The van der Waals surface area contributed by atoms with Gasteiger partial charge in [0.15, 0.2) is 5.69 Å². The normalized spacial score (nSPS) is 10.7. The van der Waals surface area contributed by atoms with E-state index in [-0.39, 0.29) is 17.0 Å². The van der Waals surface area contributed by atoms with E-state index in [1.807, 2.05) is 0 Å². The summed E-state index contributed by atoms with van der Waals surface area (Å²) in [6.45, 7) is 0. The topological polar surface area (TPSA) is 84.1 Å². The summed E-state index contributed by atoms with van der Waals surface area (Å²) in [7, 11) is 1.55. The van der Waals surface area contributed by atoms with E-state index in [1.54, 1.807) is 48.0 Å². The number of hydrogen-bond donors (Lipinski definition) is 2. The molecule has 6 nitrogen and oxygen atoms in total. The van der Waals surface area contributed by atoms with Gasteiger partial charge in [0.1, 0.15) is 22.8 Å². The van der Waals surface area contributed by atoms with E-state index >= 15 is 0 Å². The quantitative estimate of drug-likeness (QED) is 0.771. The summed E-state index contributed by atoms with van der Waals surface area (Å²) >= 11 is 0. The highest BCUT2D eigenvalue weighted by atomic mass is 16.5. The molecular weight excluding hydrogens is 272 g/mol. The third kappa shape index (κ3) is 2.06. The lowest BCUT2D eigenvalue weighted by atomic mass is 10.2. The summed E-state index contributed by atoms with van der Waals surface area (Å²) < 4.78 is 6.71. The molecule has 0 unspecified atom stereocenters. The number of methoxy groups -OCH3 is 1. The maximum absolute atomic E-state index is 11.3. The lowest BCUT2D eigenvalue weighted by Crippen LogP contribution is -1.97. The molecule has 0 aliphatic heterocycles. The Bertz CT molecular complexity index is 839. The molecule has 3 aromatic rings. The third-order valence-corrected chi connectivity index (χ3v) is 3.17. The lowest BCUT2D eigenvalue weighted by molar-refractivity contribution is 0.0693. The first-order chi connectivity index (χ1) is 10.1. The Hall–Kier alpha value is -3.02. The predicted molar refractivity (Wildman–Crippen MR) is 75.8 cm³/mol. The lowest BCUT2D eigenvalue weighted by Gasteiger charge is -2.04. The minimum atomic E-state index is -1.19. The van der Waals surface area contributed by atoms with E-state index in [0.29, 0.717) is 17.1 Å². The molecule has 0 saturated heterocycles. The number of nitrogens with zero attached hydrogens (tertiary/aromatic N) is 2. The zero-order chi connectivity index (χ0) is 15.0. The number of rotatable bonds is 3. The Morgan fingerprint density at radius 1 is 1.29 bits per heavy atom. The van der Waals surface area contributed by atoms with Crippen molar-refractivity contribution in [1.29, 1.82) is 0 Å². The molecule has 0 saturated carbocycles. The smallest absolute Gasteiger partial charge is 0.356 e. The Labute approximate surface area is 119 Å². The van der Waals surface area contributed by atoms with Gasteiger partial charge in [0.25, 0.3) is 0 Å². The fourth-order valence-electron chi connectivity index (χ4n) is 2.24. The number of aromatic nitrogens is 2. The Kier molecular flexibility index (Phi) is 2.98. The van der Waals surface area contributed by atoms with Gasteiger partial charge in [0.05, 0.1) is 7.11 Å². The Morgan fingerprint density at radius 3 is 2.81 bits per heavy atom. The largest absolute Gasteiger partial charge is 0.506 e. The molecule has 0 spiro atoms. The van der Waals surface area contributed by atoms with E-state index in [4.69, 9.17) is 4.74 Å². The molecule has 3 rings (SSSR count). The first-order valence-corrected chi connectivity index (χ1v) is 6.19. The molecule has 21 heavy (non-hydrogen) atoms. The van der Waals surface area contributed by atoms with Crippen LogP contribution in [0.2, 0.25) is 0 Å². The average Bonchev–Trinajstić information content (AvgIpc) is 2.88. The summed E-state index contributed by atoms with van der Waals surface area (Å²) in [5, 5.41) is 19.2. The van der Waals surface area contributed by atoms with Crippen molar-refractivity contribution in [3.05, 3.63) is 48.3 Å². The molecule has 1 aromatic carbocycles. The SMILES string of the molecule is COc1cccc(-c2nc(C(=O)O)c3c(O)cccn23)c1. The van der Waals surface area contributed by atoms with Crippen LogP contribution in [0.5, 0.6) is 11.5 Å². The standard InChI is InChI=1S/C15H12N2O4/c1-21-10-5-2-4-9(8-10)14-16-12(15(19)20)13-11(18)6-3-7-17(13)14/h2-8,18H,1H3,(H,19,20). The summed E-state index contributed by atoms with van der Waals surface area (Å²) in [5.74, 6) is -0.252. The number of imidazole rings is 1. The van der Waals surface area contributed by atoms with Gasteiger partial charge in [-0.1, -0.05) is 12.1 Å². The van der Waals surface area contributed by atoms with Crippen LogP contribution in [-0.2, 0) is 0 Å². The average molecular weight is 284 g/mol. The molecule has 2 N–H and O–H groups in total. The molecule has 0 fully saturated rings. The van der Waals surface area contributed by atoms with Crippen LogP contribution in [0.3, 0.4) is 0 Å². The van der Waals surface area contributed by atoms with Gasteiger partial charge in [0, 0.05) is 11.8 Å². The van der Waals surface area contributed by atoms with Crippen LogP contribution in [0.15, 0.2) is 42.6 Å². The second kappa shape index (κ2) is 4.82. The van der Waals surface area contributed by atoms with Crippen molar-refractivity contribution in [2.24, 2.45) is 0 Å². The van der Waals surface area contributed by atoms with Crippen molar-refractivity contribution in [3.63, 3.8) is 0 Å². The number of benzene rings is 1. The van der Waals surface area contributed by atoms with Crippen molar-refractivity contribution in [3.8, 4) is 22.9 Å². The van der Waals surface area contributed by atoms with E-state index < -0.39 is 5.97 Å². The van der Waals surface area contributed by atoms with Crippen molar-refractivity contribution >= 4 is 11.5 Å². The van der Waals surface area contributed by atoms with Gasteiger partial charge in [-0.2, -0.15) is 0 Å². The number of pyridine rings is 1. The van der Waals surface area contributed by atoms with Gasteiger partial charge >= 0.3 is 5.97 Å². The first kappa shape index (κ1) is 13.0. The first-order valence-electron chi connectivity index (χ1n) is 6.19. The van der Waals surface area contributed by atoms with Crippen LogP contribution in [0, 0.1) is 0 Å². The number of carbonyl (C=O) groups is 1. The minimum absolute atomic E-state index is 0.128. The number of carboxylic acids is 1. The van der Waals surface area contributed by atoms with Crippen LogP contribution in [0.4, 0.5) is 0 Å². The molecule has 106 valence electrons. The second-order valence-electron chi connectivity index (χ2n) is 4.43. The zero-order valence-corrected chi connectivity index (χ0v) is 11.1. The van der Waals surface area contributed by atoms with Crippen LogP contribution in [-0.4, -0.2) is 32.7 Å². The summed E-state index contributed by atoms with van der Waals surface area (Å²) in [6, 6.07) is 10.2. The number of aromatic hydroxyl groups is 1. The summed E-state index contributed by atoms with van der Waals surface area (Å²) in [5.41, 5.74) is 0.677. The molecule has 0 aliphatic carbocycles. The maximum atomic E-state index is 11.3. The molecule has 2 aromatic heterocycles. The molecule has 0 aliphatic rings. The molecule has 0 radical (unpaired) electrons. The third-order valence-electron chi connectivity index (χ3n) is 3.17. The van der Waals surface area contributed by atoms with Gasteiger partial charge in [0.2, 0.25) is 0 Å². The van der Waals surface area contributed by atoms with Gasteiger partial charge in [-0.25, -0.2) is 9.78 Å². The van der Waals surface area contributed by atoms with Crippen molar-refractivity contribution < 1.29 is 19.7 Å². The monoisotopic (exact) mass is 284 g/mol. The predicted octanol–water partition coefficient (Wildman–Crippen LogP) is 2.41. The van der Waals surface area contributed by atoms with Crippen molar-refractivity contribution in [2.45, 2.75) is 0 Å². The van der Waals surface area contributed by atoms with Gasteiger partial charge < -0.3 is 14.9 Å². The number of ether oxygens (including phenoxy) is 1. The van der Waals surface area contributed by atoms with E-state index in [1.165, 1.54) is 6.07 Å². The van der Waals surface area contributed by atoms with Crippen molar-refractivity contribution in [1.82, 2.24) is 9.38 Å². The van der Waals surface area contributed by atoms with Gasteiger partial charge in [-0.05, 0) is 24.3 Å². The second-order valence-corrected chi connectivity index (χ2v) is 4.43. The molecular formula is C15H12N2O4. The maximum Gasteiger partial charge on any atom is 0.356 e. The van der Waals surface area contributed by atoms with Gasteiger partial charge in [-0.15, -0.1) is 0 Å². The Morgan fingerprint density at radius 2 is 2.10 bits per heavy atom. The van der Waals surface area contributed by atoms with Crippen molar-refractivity contribution in [2.75, 3.05) is 7.11 Å². The van der Waals surface area contributed by atoms with Crippen LogP contribution >= 0.6 is 0 Å². The molecule has 6 heteroatoms. The zero-order valence-electron chi connectivity index (χ0n) is 11.1. The number of aromatic carboxylic acids is 1. The fraction of sp³-hybridized carbons (Fsp3) is 0.0667. The van der Waals surface area contributed by atoms with Crippen LogP contribution < -0.4 is 4.74 Å². The molecule has 2 heterocycles. The number of carboxylic acid groups (broad SMARTS) is 1. The summed E-state index contributed by atoms with van der Waals surface area (Å²) in [4.78, 5) is 15.5. The number of hydrogen-bond acceptors (Lipinski definition) is 4. The highest BCUT2D eigenvalue weighted by molar-refractivity contribution is 5.97. The fourth-order valence-corrected chi connectivity index (χ4v) is 2.24. The highest BCUT2D eigenvalue weighted by Crippen LogP contribution is 2.29. The van der Waals surface area contributed by atoms with E-state index in [0.717, 1.165) is 0 Å². The molecule has 0 amide bonds. The highest BCUT2D eigenvalue weighted by Gasteiger charge is 2.20. The summed E-state index contributed by atoms with van der Waals surface area (Å²) in [6.07, 6.45) is 1.66. The molecule has 0 atom stereocenters. The van der Waals surface area contributed by atoms with Crippen LogP contribution in [0.25, 0.3) is 16.9 Å². The van der Waals surface area contributed by atoms with E-state index in [2.05, 4.69) is 4.98 Å². The number of fused-ring (bicyclic) bond motifs is 1. The Balaban J connectivity index is 2.33.